The third-order valence-corrected chi connectivity index (χ3v) is 1.05. The van der Waals surface area contributed by atoms with Crippen molar-refractivity contribution in [2.45, 2.75) is 25.8 Å². The lowest BCUT2D eigenvalue weighted by Gasteiger charge is -2.05. The Kier molecular flexibility index (Phi) is 3.96. The fourth-order valence-corrected chi connectivity index (χ4v) is 0.539. The van der Waals surface area contributed by atoms with Gasteiger partial charge in [0, 0.05) is 0 Å². The van der Waals surface area contributed by atoms with Crippen molar-refractivity contribution < 1.29 is 9.28 Å². The van der Waals surface area contributed by atoms with Gasteiger partial charge < -0.3 is 5.73 Å². The summed E-state index contributed by atoms with van der Waals surface area (Å²) in [4.78, 5) is 10.2. The zero-order valence-corrected chi connectivity index (χ0v) is 5.36. The molecule has 9 heavy (non-hydrogen) atoms. The smallest absolute Gasteiger partial charge is 0.237 e. The van der Waals surface area contributed by atoms with E-state index in [2.05, 4.69) is 0 Å². The number of hydrogen-bond acceptors (Lipinski definition) is 2. The minimum Gasteiger partial charge on any atom is -0.368 e. The van der Waals surface area contributed by atoms with Crippen molar-refractivity contribution in [2.24, 2.45) is 5.73 Å². The van der Waals surface area contributed by atoms with Crippen molar-refractivity contribution in [3.05, 3.63) is 0 Å². The van der Waals surface area contributed by atoms with Crippen molar-refractivity contribution in [3.8, 4) is 0 Å². The van der Waals surface area contributed by atoms with Crippen LogP contribution in [0.15, 0.2) is 0 Å². The van der Waals surface area contributed by atoms with E-state index in [1.165, 1.54) is 5.54 Å². The highest BCUT2D eigenvalue weighted by Crippen LogP contribution is 1.94. The van der Waals surface area contributed by atoms with Gasteiger partial charge in [0.2, 0.25) is 5.91 Å². The average molecular weight is 134 g/mol. The molecule has 0 heterocycles. The van der Waals surface area contributed by atoms with Crippen LogP contribution in [-0.4, -0.2) is 11.9 Å². The molecule has 1 unspecified atom stereocenters. The zero-order valence-electron chi connectivity index (χ0n) is 5.36. The van der Waals surface area contributed by atoms with Crippen molar-refractivity contribution in [1.29, 1.82) is 0 Å². The average Bonchev–Trinajstić information content (AvgIpc) is 1.82. The predicted octanol–water partition coefficient (Wildman–Crippen LogP) is 0.114. The fourth-order valence-electron chi connectivity index (χ4n) is 0.539. The molecule has 0 saturated heterocycles. The van der Waals surface area contributed by atoms with Crippen LogP contribution in [0, 0.1) is 0 Å². The molecule has 0 aromatic carbocycles. The number of hydrogen-bond donors (Lipinski definition) is 2. The monoisotopic (exact) mass is 134 g/mol. The van der Waals surface area contributed by atoms with E-state index in [4.69, 9.17) is 5.73 Å². The minimum atomic E-state index is -0.810. The van der Waals surface area contributed by atoms with Gasteiger partial charge in [0.1, 0.15) is 6.04 Å². The van der Waals surface area contributed by atoms with E-state index < -0.39 is 11.9 Å². The van der Waals surface area contributed by atoms with Crippen LogP contribution in [0.4, 0.5) is 4.48 Å². The lowest BCUT2D eigenvalue weighted by molar-refractivity contribution is -0.121. The van der Waals surface area contributed by atoms with E-state index in [9.17, 15) is 9.28 Å². The maximum absolute atomic E-state index is 11.5. The van der Waals surface area contributed by atoms with Gasteiger partial charge in [-0.25, -0.2) is 0 Å². The van der Waals surface area contributed by atoms with Crippen LogP contribution in [-0.2, 0) is 4.79 Å². The fraction of sp³-hybridized carbons (Fsp3) is 0.800. The van der Waals surface area contributed by atoms with Gasteiger partial charge in [-0.05, 0) is 6.42 Å². The number of nitrogens with two attached hydrogens (primary N) is 1. The minimum absolute atomic E-state index is 0.450. The summed E-state index contributed by atoms with van der Waals surface area (Å²) in [5, 5.41) is 0. The quantitative estimate of drug-likeness (QED) is 0.536. The number of carbonyl (C=O) groups is 1. The van der Waals surface area contributed by atoms with E-state index in [0.717, 1.165) is 6.42 Å². The highest BCUT2D eigenvalue weighted by molar-refractivity contribution is 5.79. The summed E-state index contributed by atoms with van der Waals surface area (Å²) in [7, 11) is 0. The molecule has 0 aliphatic rings. The molecule has 1 amide bonds. The standard InChI is InChI=1S/C5H11FN2O/c1-2-3-4(8-6)5(7)9/h4,8H,2-3H2,1H3,(H2,7,9). The molecule has 0 fully saturated rings. The molecule has 54 valence electrons. The summed E-state index contributed by atoms with van der Waals surface area (Å²) in [5.41, 5.74) is 6.12. The summed E-state index contributed by atoms with van der Waals surface area (Å²) in [6, 6.07) is -0.810. The van der Waals surface area contributed by atoms with Crippen LogP contribution in [0.2, 0.25) is 0 Å². The molecular formula is C5H11FN2O. The summed E-state index contributed by atoms with van der Waals surface area (Å²) >= 11 is 0. The van der Waals surface area contributed by atoms with E-state index in [0.29, 0.717) is 6.42 Å². The largest absolute Gasteiger partial charge is 0.368 e. The molecule has 0 rings (SSSR count). The second-order valence-electron chi connectivity index (χ2n) is 1.85. The maximum Gasteiger partial charge on any atom is 0.237 e. The van der Waals surface area contributed by atoms with Gasteiger partial charge in [0.05, 0.1) is 0 Å². The van der Waals surface area contributed by atoms with Crippen LogP contribution >= 0.6 is 0 Å². The van der Waals surface area contributed by atoms with Crippen molar-refractivity contribution >= 4 is 5.91 Å². The van der Waals surface area contributed by atoms with Gasteiger partial charge in [0.15, 0.2) is 0 Å². The Bertz CT molecular complexity index is 97.0. The molecule has 0 aromatic heterocycles. The van der Waals surface area contributed by atoms with Gasteiger partial charge in [0.25, 0.3) is 0 Å². The highest BCUT2D eigenvalue weighted by atomic mass is 19.2. The van der Waals surface area contributed by atoms with Crippen LogP contribution in [0.25, 0.3) is 0 Å². The Morgan fingerprint density at radius 3 is 2.56 bits per heavy atom. The topological polar surface area (TPSA) is 55.1 Å². The number of nitrogens with one attached hydrogen (secondary N) is 1. The lowest BCUT2D eigenvalue weighted by Crippen LogP contribution is -2.36. The Morgan fingerprint density at radius 2 is 2.44 bits per heavy atom. The van der Waals surface area contributed by atoms with E-state index in [-0.39, 0.29) is 0 Å². The van der Waals surface area contributed by atoms with Crippen LogP contribution in [0.3, 0.4) is 0 Å². The normalized spacial score (nSPS) is 13.1. The summed E-state index contributed by atoms with van der Waals surface area (Å²) < 4.78 is 11.5. The molecule has 0 aliphatic carbocycles. The van der Waals surface area contributed by atoms with E-state index in [1.54, 1.807) is 0 Å². The van der Waals surface area contributed by atoms with Gasteiger partial charge in [-0.2, -0.15) is 0 Å². The van der Waals surface area contributed by atoms with Crippen LogP contribution < -0.4 is 11.3 Å². The molecule has 0 spiro atoms. The molecular weight excluding hydrogens is 123 g/mol. The molecule has 0 aliphatic heterocycles. The number of rotatable bonds is 4. The summed E-state index contributed by atoms with van der Waals surface area (Å²) in [5.74, 6) is -0.639. The first-order valence-electron chi connectivity index (χ1n) is 2.87. The lowest BCUT2D eigenvalue weighted by atomic mass is 10.2. The highest BCUT2D eigenvalue weighted by Gasteiger charge is 2.11. The Morgan fingerprint density at radius 1 is 1.89 bits per heavy atom. The SMILES string of the molecule is CCCC(NF)C(N)=O. The second-order valence-corrected chi connectivity index (χ2v) is 1.85. The van der Waals surface area contributed by atoms with Crippen LogP contribution in [0.5, 0.6) is 0 Å². The molecule has 1 atom stereocenters. The third-order valence-electron chi connectivity index (χ3n) is 1.05. The van der Waals surface area contributed by atoms with E-state index >= 15 is 0 Å². The Hall–Kier alpha value is -0.640. The van der Waals surface area contributed by atoms with Crippen molar-refractivity contribution in [2.75, 3.05) is 0 Å². The van der Waals surface area contributed by atoms with Gasteiger partial charge >= 0.3 is 0 Å². The third kappa shape index (κ3) is 3.03. The molecule has 3 nitrogen and oxygen atoms in total. The molecule has 0 saturated carbocycles. The number of halogens is 1. The first-order chi connectivity index (χ1) is 4.22. The molecule has 3 N–H and O–H groups in total. The Labute approximate surface area is 53.4 Å². The number of carbonyl (C=O) groups excluding carboxylic acids is 1. The first kappa shape index (κ1) is 8.36. The molecule has 4 heteroatoms. The van der Waals surface area contributed by atoms with Crippen molar-refractivity contribution in [1.82, 2.24) is 5.54 Å². The summed E-state index contributed by atoms with van der Waals surface area (Å²) in [6.45, 7) is 1.85. The number of amides is 1. The van der Waals surface area contributed by atoms with Crippen LogP contribution in [0.1, 0.15) is 19.8 Å². The van der Waals surface area contributed by atoms with E-state index in [1.807, 2.05) is 6.92 Å². The van der Waals surface area contributed by atoms with Gasteiger partial charge in [-0.1, -0.05) is 13.3 Å². The molecule has 0 radical (unpaired) electrons. The maximum atomic E-state index is 11.5. The van der Waals surface area contributed by atoms with Gasteiger partial charge in [-0.15, -0.1) is 10.0 Å². The summed E-state index contributed by atoms with van der Waals surface area (Å²) in [6.07, 6.45) is 1.19. The zero-order chi connectivity index (χ0) is 7.28. The van der Waals surface area contributed by atoms with Gasteiger partial charge in [-0.3, -0.25) is 4.79 Å². The number of primary amides is 1. The predicted molar refractivity (Wildman–Crippen MR) is 32.1 cm³/mol. The Balaban J connectivity index is 3.54. The molecule has 0 bridgehead atoms. The van der Waals surface area contributed by atoms with Crippen molar-refractivity contribution in [3.63, 3.8) is 0 Å². The molecule has 0 aromatic rings. The second kappa shape index (κ2) is 4.26. The first-order valence-corrected chi connectivity index (χ1v) is 2.87.